The van der Waals surface area contributed by atoms with E-state index >= 15 is 0 Å². The smallest absolute Gasteiger partial charge is 0.320 e. The van der Waals surface area contributed by atoms with Crippen LogP contribution in [0.15, 0.2) is 24.3 Å². The molecule has 2 aliphatic heterocycles. The fraction of sp³-hybridized carbons (Fsp3) is 0.591. The molecule has 1 aromatic carbocycles. The molecule has 144 valence electrons. The number of ether oxygens (including phenoxy) is 1. The lowest BCUT2D eigenvalue weighted by Gasteiger charge is -2.41. The minimum Gasteiger partial charge on any atom is -0.487 e. The SMILES string of the molecule is O=C(N1CCCN(C2CCC2)CC1)N1CC(Oc2ccc3c(c2)C=CC3)C1. The molecule has 0 atom stereocenters. The molecule has 3 fully saturated rings. The summed E-state index contributed by atoms with van der Waals surface area (Å²) >= 11 is 0. The molecule has 5 nitrogen and oxygen atoms in total. The van der Waals surface area contributed by atoms with Gasteiger partial charge in [0.2, 0.25) is 0 Å². The van der Waals surface area contributed by atoms with E-state index in [2.05, 4.69) is 40.2 Å². The lowest BCUT2D eigenvalue weighted by molar-refractivity contribution is 0.0308. The molecular weight excluding hydrogens is 338 g/mol. The average molecular weight is 367 g/mol. The first-order chi connectivity index (χ1) is 13.3. The van der Waals surface area contributed by atoms with E-state index in [1.807, 2.05) is 4.90 Å². The van der Waals surface area contributed by atoms with Crippen LogP contribution in [0.3, 0.4) is 0 Å². The summed E-state index contributed by atoms with van der Waals surface area (Å²) in [5.41, 5.74) is 2.63. The Morgan fingerprint density at radius 3 is 2.70 bits per heavy atom. The standard InChI is InChI=1S/C22H29N3O2/c26-22(24-11-3-10-23(12-13-24)19-6-2-7-19)25-15-21(16-25)27-20-9-8-17-4-1-5-18(17)14-20/h1,5,8-9,14,19,21H,2-4,6-7,10-13,15-16H2. The van der Waals surface area contributed by atoms with Crippen LogP contribution in [-0.4, -0.2) is 72.1 Å². The number of hydrogen-bond donors (Lipinski definition) is 0. The molecule has 5 rings (SSSR count). The van der Waals surface area contributed by atoms with E-state index in [1.165, 1.54) is 30.4 Å². The van der Waals surface area contributed by atoms with E-state index in [-0.39, 0.29) is 12.1 Å². The molecule has 4 aliphatic rings. The van der Waals surface area contributed by atoms with Crippen molar-refractivity contribution in [3.8, 4) is 5.75 Å². The molecule has 2 aliphatic carbocycles. The first kappa shape index (κ1) is 17.1. The lowest BCUT2D eigenvalue weighted by Crippen LogP contribution is -2.60. The first-order valence-corrected chi connectivity index (χ1v) is 10.5. The van der Waals surface area contributed by atoms with E-state index in [1.54, 1.807) is 0 Å². The van der Waals surface area contributed by atoms with Crippen molar-refractivity contribution in [2.45, 2.75) is 44.2 Å². The van der Waals surface area contributed by atoms with Crippen molar-refractivity contribution in [3.63, 3.8) is 0 Å². The van der Waals surface area contributed by atoms with Gasteiger partial charge in [0.1, 0.15) is 11.9 Å². The molecule has 0 aromatic heterocycles. The third kappa shape index (κ3) is 3.45. The quantitative estimate of drug-likeness (QED) is 0.824. The number of carbonyl (C=O) groups excluding carboxylic acids is 1. The zero-order chi connectivity index (χ0) is 18.2. The average Bonchev–Trinajstić information content (AvgIpc) is 2.93. The van der Waals surface area contributed by atoms with E-state index in [0.29, 0.717) is 13.1 Å². The number of carbonyl (C=O) groups is 1. The maximum Gasteiger partial charge on any atom is 0.320 e. The van der Waals surface area contributed by atoms with E-state index in [9.17, 15) is 4.79 Å². The lowest BCUT2D eigenvalue weighted by atomic mass is 9.91. The summed E-state index contributed by atoms with van der Waals surface area (Å²) in [4.78, 5) is 19.4. The molecular formula is C22H29N3O2. The highest BCUT2D eigenvalue weighted by Gasteiger charge is 2.36. The predicted octanol–water partition coefficient (Wildman–Crippen LogP) is 3.00. The van der Waals surface area contributed by atoms with Crippen LogP contribution < -0.4 is 4.74 Å². The minimum atomic E-state index is 0.121. The van der Waals surface area contributed by atoms with Crippen LogP contribution in [-0.2, 0) is 6.42 Å². The van der Waals surface area contributed by atoms with Gasteiger partial charge in [0.05, 0.1) is 13.1 Å². The van der Waals surface area contributed by atoms with Crippen molar-refractivity contribution in [2.75, 3.05) is 39.3 Å². The largest absolute Gasteiger partial charge is 0.487 e. The molecule has 5 heteroatoms. The summed E-state index contributed by atoms with van der Waals surface area (Å²) in [6.07, 6.45) is 10.6. The van der Waals surface area contributed by atoms with Crippen molar-refractivity contribution >= 4 is 12.1 Å². The van der Waals surface area contributed by atoms with Gasteiger partial charge < -0.3 is 14.5 Å². The molecule has 2 heterocycles. The maximum absolute atomic E-state index is 12.8. The third-order valence-electron chi connectivity index (χ3n) is 6.57. The molecule has 27 heavy (non-hydrogen) atoms. The summed E-state index contributed by atoms with van der Waals surface area (Å²) in [6, 6.07) is 7.30. The Morgan fingerprint density at radius 1 is 1.00 bits per heavy atom. The Balaban J connectivity index is 1.10. The number of nitrogens with zero attached hydrogens (tertiary/aromatic N) is 3. The highest BCUT2D eigenvalue weighted by atomic mass is 16.5. The maximum atomic E-state index is 12.8. The fourth-order valence-electron chi connectivity index (χ4n) is 4.61. The fourth-order valence-corrected chi connectivity index (χ4v) is 4.61. The van der Waals surface area contributed by atoms with Crippen LogP contribution in [0.4, 0.5) is 4.79 Å². The van der Waals surface area contributed by atoms with Crippen LogP contribution in [0, 0.1) is 0 Å². The van der Waals surface area contributed by atoms with Crippen LogP contribution in [0.5, 0.6) is 5.75 Å². The van der Waals surface area contributed by atoms with Crippen molar-refractivity contribution in [1.82, 2.24) is 14.7 Å². The Labute approximate surface area is 161 Å². The first-order valence-electron chi connectivity index (χ1n) is 10.5. The molecule has 1 aromatic rings. The summed E-state index contributed by atoms with van der Waals surface area (Å²) in [7, 11) is 0. The van der Waals surface area contributed by atoms with Gasteiger partial charge in [-0.2, -0.15) is 0 Å². The normalized spacial score (nSPS) is 23.6. The Bertz CT molecular complexity index is 737. The number of fused-ring (bicyclic) bond motifs is 1. The third-order valence-corrected chi connectivity index (χ3v) is 6.57. The number of amides is 2. The van der Waals surface area contributed by atoms with Gasteiger partial charge in [-0.15, -0.1) is 0 Å². The number of rotatable bonds is 3. The Hall–Kier alpha value is -2.01. The van der Waals surface area contributed by atoms with Crippen LogP contribution >= 0.6 is 0 Å². The van der Waals surface area contributed by atoms with Crippen molar-refractivity contribution in [2.24, 2.45) is 0 Å². The number of benzene rings is 1. The van der Waals surface area contributed by atoms with E-state index in [4.69, 9.17) is 4.74 Å². The summed E-state index contributed by atoms with van der Waals surface area (Å²) in [5, 5.41) is 0. The second-order valence-corrected chi connectivity index (χ2v) is 8.36. The Morgan fingerprint density at radius 2 is 1.89 bits per heavy atom. The minimum absolute atomic E-state index is 0.121. The van der Waals surface area contributed by atoms with Crippen LogP contribution in [0.25, 0.3) is 6.08 Å². The topological polar surface area (TPSA) is 36.0 Å². The molecule has 0 bridgehead atoms. The number of urea groups is 1. The molecule has 2 saturated heterocycles. The Kier molecular flexibility index (Phi) is 4.56. The van der Waals surface area contributed by atoms with Gasteiger partial charge in [-0.25, -0.2) is 4.79 Å². The van der Waals surface area contributed by atoms with Gasteiger partial charge in [-0.3, -0.25) is 4.90 Å². The van der Waals surface area contributed by atoms with Gasteiger partial charge in [-0.1, -0.05) is 24.6 Å². The summed E-state index contributed by atoms with van der Waals surface area (Å²) < 4.78 is 6.08. The number of hydrogen-bond acceptors (Lipinski definition) is 3. The van der Waals surface area contributed by atoms with Crippen molar-refractivity contribution < 1.29 is 9.53 Å². The van der Waals surface area contributed by atoms with Gasteiger partial charge >= 0.3 is 6.03 Å². The zero-order valence-electron chi connectivity index (χ0n) is 16.0. The number of allylic oxidation sites excluding steroid dienone is 1. The van der Waals surface area contributed by atoms with E-state index < -0.39 is 0 Å². The van der Waals surface area contributed by atoms with E-state index in [0.717, 1.165) is 50.8 Å². The van der Waals surface area contributed by atoms with Crippen LogP contribution in [0.1, 0.15) is 36.8 Å². The van der Waals surface area contributed by atoms with Gasteiger partial charge in [0.15, 0.2) is 0 Å². The molecule has 0 N–H and O–H groups in total. The molecule has 0 unspecified atom stereocenters. The molecule has 0 radical (unpaired) electrons. The van der Waals surface area contributed by atoms with Crippen LogP contribution in [0.2, 0.25) is 0 Å². The second kappa shape index (κ2) is 7.19. The van der Waals surface area contributed by atoms with Crippen molar-refractivity contribution in [1.29, 1.82) is 0 Å². The predicted molar refractivity (Wildman–Crippen MR) is 106 cm³/mol. The highest BCUT2D eigenvalue weighted by Crippen LogP contribution is 2.28. The zero-order valence-corrected chi connectivity index (χ0v) is 16.0. The summed E-state index contributed by atoms with van der Waals surface area (Å²) in [5.74, 6) is 0.920. The second-order valence-electron chi connectivity index (χ2n) is 8.36. The molecule has 2 amide bonds. The molecule has 1 saturated carbocycles. The summed E-state index contributed by atoms with van der Waals surface area (Å²) in [6.45, 7) is 5.35. The van der Waals surface area contributed by atoms with Gasteiger partial charge in [0, 0.05) is 32.2 Å². The van der Waals surface area contributed by atoms with Gasteiger partial charge in [0.25, 0.3) is 0 Å². The van der Waals surface area contributed by atoms with Gasteiger partial charge in [-0.05, 0) is 48.9 Å². The van der Waals surface area contributed by atoms with Crippen molar-refractivity contribution in [3.05, 3.63) is 35.4 Å². The molecule has 0 spiro atoms. The monoisotopic (exact) mass is 367 g/mol. The number of likely N-dealkylation sites (tertiary alicyclic amines) is 1. The highest BCUT2D eigenvalue weighted by molar-refractivity contribution is 5.75.